The zero-order valence-electron chi connectivity index (χ0n) is 12.3. The standard InChI is InChI=1S/C19H15BrO3/c20-16-8-5-13(6-9-16)11-18(19(21)22)23-17-10-7-14-3-1-2-4-15(14)12-17/h1-10,12,18H,11H2,(H,21,22)/t18-/m0/s1. The number of aliphatic carboxylic acids is 1. The third kappa shape index (κ3) is 3.90. The topological polar surface area (TPSA) is 46.5 Å². The Labute approximate surface area is 142 Å². The first-order chi connectivity index (χ1) is 11.1. The second kappa shape index (κ2) is 6.84. The number of ether oxygens (including phenoxy) is 1. The third-order valence-corrected chi connectivity index (χ3v) is 4.14. The molecule has 0 saturated carbocycles. The largest absolute Gasteiger partial charge is 0.478 e. The van der Waals surface area contributed by atoms with Crippen molar-refractivity contribution < 1.29 is 14.6 Å². The predicted octanol–water partition coefficient (Wildman–Crippen LogP) is 4.68. The van der Waals surface area contributed by atoms with Gasteiger partial charge in [-0.1, -0.05) is 58.4 Å². The molecule has 3 aromatic carbocycles. The summed E-state index contributed by atoms with van der Waals surface area (Å²) in [7, 11) is 0. The highest BCUT2D eigenvalue weighted by Gasteiger charge is 2.20. The van der Waals surface area contributed by atoms with Crippen LogP contribution in [0.4, 0.5) is 0 Å². The summed E-state index contributed by atoms with van der Waals surface area (Å²) in [4.78, 5) is 11.5. The monoisotopic (exact) mass is 370 g/mol. The van der Waals surface area contributed by atoms with Gasteiger partial charge in [0, 0.05) is 10.9 Å². The molecule has 4 heteroatoms. The van der Waals surface area contributed by atoms with Gasteiger partial charge < -0.3 is 9.84 Å². The highest BCUT2D eigenvalue weighted by molar-refractivity contribution is 9.10. The Hall–Kier alpha value is -2.33. The lowest BCUT2D eigenvalue weighted by molar-refractivity contribution is -0.145. The molecule has 0 aromatic heterocycles. The minimum atomic E-state index is -0.971. The summed E-state index contributed by atoms with van der Waals surface area (Å²) in [6.45, 7) is 0. The van der Waals surface area contributed by atoms with E-state index >= 15 is 0 Å². The van der Waals surface area contributed by atoms with Crippen LogP contribution in [0.2, 0.25) is 0 Å². The maximum absolute atomic E-state index is 11.5. The lowest BCUT2D eigenvalue weighted by Crippen LogP contribution is -2.29. The number of rotatable bonds is 5. The van der Waals surface area contributed by atoms with Gasteiger partial charge >= 0.3 is 5.97 Å². The number of carbonyl (C=O) groups is 1. The summed E-state index contributed by atoms with van der Waals surface area (Å²) < 4.78 is 6.67. The molecule has 3 rings (SSSR count). The van der Waals surface area contributed by atoms with E-state index in [0.29, 0.717) is 12.2 Å². The van der Waals surface area contributed by atoms with E-state index in [1.165, 1.54) is 0 Å². The van der Waals surface area contributed by atoms with E-state index in [9.17, 15) is 9.90 Å². The lowest BCUT2D eigenvalue weighted by Gasteiger charge is -2.16. The summed E-state index contributed by atoms with van der Waals surface area (Å²) in [6.07, 6.45) is -0.604. The van der Waals surface area contributed by atoms with Crippen molar-refractivity contribution in [3.63, 3.8) is 0 Å². The SMILES string of the molecule is O=C(O)[C@H](Cc1ccc(Br)cc1)Oc1ccc2ccccc2c1. The van der Waals surface area contributed by atoms with Crippen molar-refractivity contribution in [2.45, 2.75) is 12.5 Å². The average molecular weight is 371 g/mol. The van der Waals surface area contributed by atoms with E-state index in [4.69, 9.17) is 4.74 Å². The first kappa shape index (κ1) is 15.6. The van der Waals surface area contributed by atoms with Gasteiger partial charge in [0.1, 0.15) is 5.75 Å². The molecule has 0 spiro atoms. The smallest absolute Gasteiger partial charge is 0.345 e. The zero-order valence-corrected chi connectivity index (χ0v) is 13.9. The van der Waals surface area contributed by atoms with Gasteiger partial charge in [-0.05, 0) is 40.6 Å². The van der Waals surface area contributed by atoms with Gasteiger partial charge in [-0.2, -0.15) is 0 Å². The van der Waals surface area contributed by atoms with Gasteiger partial charge in [0.25, 0.3) is 0 Å². The highest BCUT2D eigenvalue weighted by Crippen LogP contribution is 2.22. The lowest BCUT2D eigenvalue weighted by atomic mass is 10.1. The van der Waals surface area contributed by atoms with E-state index in [2.05, 4.69) is 15.9 Å². The molecule has 3 nitrogen and oxygen atoms in total. The molecule has 0 saturated heterocycles. The van der Waals surface area contributed by atoms with Crippen LogP contribution in [0.25, 0.3) is 10.8 Å². The van der Waals surface area contributed by atoms with Gasteiger partial charge in [-0.3, -0.25) is 0 Å². The molecule has 1 atom stereocenters. The minimum absolute atomic E-state index is 0.315. The average Bonchev–Trinajstić information content (AvgIpc) is 2.56. The van der Waals surface area contributed by atoms with Crippen LogP contribution in [-0.4, -0.2) is 17.2 Å². The Morgan fingerprint density at radius 2 is 1.70 bits per heavy atom. The highest BCUT2D eigenvalue weighted by atomic mass is 79.9. The van der Waals surface area contributed by atoms with Crippen molar-refractivity contribution >= 4 is 32.7 Å². The molecule has 0 amide bonds. The van der Waals surface area contributed by atoms with Crippen LogP contribution < -0.4 is 4.74 Å². The molecule has 3 aromatic rings. The van der Waals surface area contributed by atoms with Gasteiger partial charge in [-0.15, -0.1) is 0 Å². The molecule has 0 aliphatic carbocycles. The van der Waals surface area contributed by atoms with E-state index in [1.807, 2.05) is 60.7 Å². The number of hydrogen-bond acceptors (Lipinski definition) is 2. The van der Waals surface area contributed by atoms with Crippen LogP contribution >= 0.6 is 15.9 Å². The maximum atomic E-state index is 11.5. The molecule has 0 heterocycles. The van der Waals surface area contributed by atoms with Crippen LogP contribution in [-0.2, 0) is 11.2 Å². The number of carboxylic acids is 1. The normalized spacial score (nSPS) is 12.0. The molecule has 116 valence electrons. The van der Waals surface area contributed by atoms with E-state index in [-0.39, 0.29) is 0 Å². The molecule has 0 radical (unpaired) electrons. The molecular weight excluding hydrogens is 356 g/mol. The van der Waals surface area contributed by atoms with Crippen molar-refractivity contribution in [2.75, 3.05) is 0 Å². The Morgan fingerprint density at radius 1 is 1.00 bits per heavy atom. The summed E-state index contributed by atoms with van der Waals surface area (Å²) in [5.74, 6) is -0.408. The van der Waals surface area contributed by atoms with Crippen LogP contribution in [0.5, 0.6) is 5.75 Å². The van der Waals surface area contributed by atoms with Gasteiger partial charge in [0.05, 0.1) is 0 Å². The van der Waals surface area contributed by atoms with Crippen LogP contribution in [0.3, 0.4) is 0 Å². The second-order valence-electron chi connectivity index (χ2n) is 5.28. The van der Waals surface area contributed by atoms with Crippen molar-refractivity contribution in [3.05, 3.63) is 76.8 Å². The molecule has 0 fully saturated rings. The fraction of sp³-hybridized carbons (Fsp3) is 0.105. The quantitative estimate of drug-likeness (QED) is 0.709. The summed E-state index contributed by atoms with van der Waals surface area (Å²) in [5, 5.41) is 11.6. The number of benzene rings is 3. The van der Waals surface area contributed by atoms with Crippen LogP contribution in [0.1, 0.15) is 5.56 Å². The zero-order chi connectivity index (χ0) is 16.2. The van der Waals surface area contributed by atoms with Gasteiger partial charge in [-0.25, -0.2) is 4.79 Å². The molecular formula is C19H15BrO3. The Morgan fingerprint density at radius 3 is 2.39 bits per heavy atom. The van der Waals surface area contributed by atoms with E-state index in [0.717, 1.165) is 20.8 Å². The fourth-order valence-corrected chi connectivity index (χ4v) is 2.68. The fourth-order valence-electron chi connectivity index (χ4n) is 2.42. The van der Waals surface area contributed by atoms with Crippen molar-refractivity contribution in [1.29, 1.82) is 0 Å². The van der Waals surface area contributed by atoms with Crippen molar-refractivity contribution in [1.82, 2.24) is 0 Å². The van der Waals surface area contributed by atoms with E-state index in [1.54, 1.807) is 6.07 Å². The second-order valence-corrected chi connectivity index (χ2v) is 6.20. The summed E-state index contributed by atoms with van der Waals surface area (Å²) in [6, 6.07) is 21.1. The van der Waals surface area contributed by atoms with E-state index < -0.39 is 12.1 Å². The first-order valence-corrected chi connectivity index (χ1v) is 8.04. The number of carboxylic acid groups (broad SMARTS) is 1. The van der Waals surface area contributed by atoms with Gasteiger partial charge in [0.2, 0.25) is 0 Å². The maximum Gasteiger partial charge on any atom is 0.345 e. The molecule has 0 unspecified atom stereocenters. The summed E-state index contributed by atoms with van der Waals surface area (Å²) >= 11 is 3.37. The minimum Gasteiger partial charge on any atom is -0.478 e. The first-order valence-electron chi connectivity index (χ1n) is 7.24. The van der Waals surface area contributed by atoms with Crippen LogP contribution in [0.15, 0.2) is 71.2 Å². The number of fused-ring (bicyclic) bond motifs is 1. The number of halogens is 1. The Kier molecular flexibility index (Phi) is 4.63. The molecule has 0 aliphatic heterocycles. The molecule has 0 aliphatic rings. The third-order valence-electron chi connectivity index (χ3n) is 3.61. The molecule has 0 bridgehead atoms. The van der Waals surface area contributed by atoms with Crippen molar-refractivity contribution in [2.24, 2.45) is 0 Å². The predicted molar refractivity (Wildman–Crippen MR) is 93.8 cm³/mol. The van der Waals surface area contributed by atoms with Crippen molar-refractivity contribution in [3.8, 4) is 5.75 Å². The summed E-state index contributed by atoms with van der Waals surface area (Å²) in [5.41, 5.74) is 0.918. The Bertz CT molecular complexity index is 827. The van der Waals surface area contributed by atoms with Crippen LogP contribution in [0, 0.1) is 0 Å². The van der Waals surface area contributed by atoms with Gasteiger partial charge in [0.15, 0.2) is 6.10 Å². The Balaban J connectivity index is 1.80. The molecule has 1 N–H and O–H groups in total. The number of hydrogen-bond donors (Lipinski definition) is 1. The molecule has 23 heavy (non-hydrogen) atoms.